The van der Waals surface area contributed by atoms with Crippen molar-refractivity contribution in [1.29, 1.82) is 5.26 Å². The highest BCUT2D eigenvalue weighted by atomic mass is 32.2. The summed E-state index contributed by atoms with van der Waals surface area (Å²) in [4.78, 5) is 12.9. The number of ether oxygens (including phenoxy) is 1. The number of anilines is 1. The summed E-state index contributed by atoms with van der Waals surface area (Å²) in [5.74, 6) is 0.988. The maximum absolute atomic E-state index is 12.9. The molecule has 0 fully saturated rings. The van der Waals surface area contributed by atoms with Crippen LogP contribution in [0.15, 0.2) is 66.1 Å². The van der Waals surface area contributed by atoms with Gasteiger partial charge in [-0.2, -0.15) is 5.26 Å². The molecular weight excluding hydrogens is 436 g/mol. The van der Waals surface area contributed by atoms with E-state index < -0.39 is 0 Å². The van der Waals surface area contributed by atoms with Gasteiger partial charge in [0.25, 0.3) is 0 Å². The molecule has 0 saturated carbocycles. The Labute approximate surface area is 195 Å². The topological polar surface area (TPSA) is 97.8 Å². The Bertz CT molecular complexity index is 1340. The van der Waals surface area contributed by atoms with Crippen LogP contribution in [0.3, 0.4) is 0 Å². The van der Waals surface area contributed by atoms with Crippen LogP contribution in [0.1, 0.15) is 16.8 Å². The van der Waals surface area contributed by atoms with Crippen molar-refractivity contribution in [1.82, 2.24) is 19.3 Å². The van der Waals surface area contributed by atoms with Gasteiger partial charge in [0.2, 0.25) is 5.91 Å². The third-order valence-electron chi connectivity index (χ3n) is 5.29. The fourth-order valence-corrected chi connectivity index (χ4v) is 4.30. The third kappa shape index (κ3) is 4.33. The largest absolute Gasteiger partial charge is 0.495 e. The molecular formula is C24H22N6O2S. The number of nitrogens with one attached hydrogen (secondary N) is 1. The van der Waals surface area contributed by atoms with E-state index in [4.69, 9.17) is 4.74 Å². The van der Waals surface area contributed by atoms with Gasteiger partial charge in [-0.25, -0.2) is 0 Å². The Balaban J connectivity index is 1.57. The first-order valence-electron chi connectivity index (χ1n) is 10.2. The molecule has 0 radical (unpaired) electrons. The Kier molecular flexibility index (Phi) is 6.47. The average Bonchev–Trinajstić information content (AvgIpc) is 3.40. The van der Waals surface area contributed by atoms with E-state index in [2.05, 4.69) is 21.6 Å². The van der Waals surface area contributed by atoms with Crippen LogP contribution in [0.25, 0.3) is 11.4 Å². The van der Waals surface area contributed by atoms with Crippen molar-refractivity contribution in [2.24, 2.45) is 0 Å². The first-order valence-corrected chi connectivity index (χ1v) is 11.2. The lowest BCUT2D eigenvalue weighted by atomic mass is 10.2. The minimum Gasteiger partial charge on any atom is -0.495 e. The molecule has 0 atom stereocenters. The molecule has 2 aromatic heterocycles. The molecule has 4 aromatic rings. The van der Waals surface area contributed by atoms with Gasteiger partial charge in [0.15, 0.2) is 5.16 Å². The third-order valence-corrected chi connectivity index (χ3v) is 6.23. The SMILES string of the molecule is COc1ccccc1-n1cnnc1SCC(=O)Nc1c(C#N)c(C)c(C)n1-c1ccccc1. The van der Waals surface area contributed by atoms with Gasteiger partial charge in [-0.05, 0) is 43.7 Å². The van der Waals surface area contributed by atoms with E-state index in [9.17, 15) is 10.1 Å². The zero-order valence-corrected chi connectivity index (χ0v) is 19.3. The smallest absolute Gasteiger partial charge is 0.236 e. The monoisotopic (exact) mass is 458 g/mol. The van der Waals surface area contributed by atoms with Gasteiger partial charge in [0, 0.05) is 11.4 Å². The van der Waals surface area contributed by atoms with Gasteiger partial charge in [-0.1, -0.05) is 42.1 Å². The summed E-state index contributed by atoms with van der Waals surface area (Å²) >= 11 is 1.25. The molecule has 0 saturated heterocycles. The lowest BCUT2D eigenvalue weighted by molar-refractivity contribution is -0.113. The lowest BCUT2D eigenvalue weighted by Gasteiger charge is -2.13. The van der Waals surface area contributed by atoms with E-state index >= 15 is 0 Å². The summed E-state index contributed by atoms with van der Waals surface area (Å²) in [5.41, 5.74) is 3.84. The number of para-hydroxylation sites is 3. The van der Waals surface area contributed by atoms with Crippen LogP contribution in [-0.4, -0.2) is 38.1 Å². The van der Waals surface area contributed by atoms with E-state index in [1.807, 2.05) is 73.0 Å². The van der Waals surface area contributed by atoms with Crippen molar-refractivity contribution in [2.45, 2.75) is 19.0 Å². The number of carbonyl (C=O) groups is 1. The second-order valence-corrected chi connectivity index (χ2v) is 8.15. The molecule has 0 aliphatic rings. The van der Waals surface area contributed by atoms with Gasteiger partial charge in [-0.3, -0.25) is 13.9 Å². The van der Waals surface area contributed by atoms with Gasteiger partial charge >= 0.3 is 0 Å². The summed E-state index contributed by atoms with van der Waals surface area (Å²) in [5, 5.41) is 21.4. The predicted octanol–water partition coefficient (Wildman–Crippen LogP) is 4.29. The van der Waals surface area contributed by atoms with Crippen molar-refractivity contribution >= 4 is 23.5 Å². The zero-order chi connectivity index (χ0) is 23.4. The van der Waals surface area contributed by atoms with Gasteiger partial charge in [-0.15, -0.1) is 10.2 Å². The Morgan fingerprint density at radius 3 is 2.61 bits per heavy atom. The fraction of sp³-hybridized carbons (Fsp3) is 0.167. The second kappa shape index (κ2) is 9.63. The quantitative estimate of drug-likeness (QED) is 0.415. The van der Waals surface area contributed by atoms with Crippen molar-refractivity contribution in [3.63, 3.8) is 0 Å². The van der Waals surface area contributed by atoms with Crippen molar-refractivity contribution in [3.05, 3.63) is 77.7 Å². The summed E-state index contributed by atoms with van der Waals surface area (Å²) in [6.07, 6.45) is 1.58. The average molecular weight is 459 g/mol. The van der Waals surface area contributed by atoms with Crippen molar-refractivity contribution < 1.29 is 9.53 Å². The number of nitrogens with zero attached hydrogens (tertiary/aromatic N) is 5. The van der Waals surface area contributed by atoms with E-state index in [-0.39, 0.29) is 11.7 Å². The molecule has 0 bridgehead atoms. The summed E-state index contributed by atoms with van der Waals surface area (Å²) < 4.78 is 9.10. The molecule has 0 spiro atoms. The van der Waals surface area contributed by atoms with E-state index in [1.54, 1.807) is 18.0 Å². The molecule has 8 nitrogen and oxygen atoms in total. The maximum Gasteiger partial charge on any atom is 0.236 e. The number of hydrogen-bond donors (Lipinski definition) is 1. The molecule has 33 heavy (non-hydrogen) atoms. The lowest BCUT2D eigenvalue weighted by Crippen LogP contribution is -2.18. The maximum atomic E-state index is 12.9. The number of benzene rings is 2. The molecule has 1 N–H and O–H groups in total. The predicted molar refractivity (Wildman–Crippen MR) is 127 cm³/mol. The first kappa shape index (κ1) is 22.2. The number of rotatable bonds is 7. The van der Waals surface area contributed by atoms with Crippen molar-refractivity contribution in [2.75, 3.05) is 18.2 Å². The van der Waals surface area contributed by atoms with E-state index in [0.29, 0.717) is 22.3 Å². The molecule has 0 aliphatic carbocycles. The number of aromatic nitrogens is 4. The number of thioether (sulfide) groups is 1. The minimum atomic E-state index is -0.249. The van der Waals surface area contributed by atoms with Gasteiger partial charge in [0.1, 0.15) is 24.0 Å². The van der Waals surface area contributed by atoms with Crippen LogP contribution in [0.2, 0.25) is 0 Å². The van der Waals surface area contributed by atoms with Crippen LogP contribution in [0, 0.1) is 25.2 Å². The molecule has 9 heteroatoms. The minimum absolute atomic E-state index is 0.0940. The zero-order valence-electron chi connectivity index (χ0n) is 18.4. The van der Waals surface area contributed by atoms with Gasteiger partial charge in [0.05, 0.1) is 24.1 Å². The highest BCUT2D eigenvalue weighted by Crippen LogP contribution is 2.31. The number of methoxy groups -OCH3 is 1. The van der Waals surface area contributed by atoms with Gasteiger partial charge < -0.3 is 10.1 Å². The number of nitriles is 1. The summed E-state index contributed by atoms with van der Waals surface area (Å²) in [7, 11) is 1.60. The van der Waals surface area contributed by atoms with Crippen LogP contribution < -0.4 is 10.1 Å². The van der Waals surface area contributed by atoms with Crippen LogP contribution >= 0.6 is 11.8 Å². The standard InChI is InChI=1S/C24H22N6O2S/c1-16-17(2)30(18-9-5-4-6-10-18)23(19(16)13-25)27-22(31)14-33-24-28-26-15-29(24)20-11-7-8-12-21(20)32-3/h4-12,15H,14H2,1-3H3,(H,27,31). The van der Waals surface area contributed by atoms with E-state index in [1.165, 1.54) is 11.8 Å². The number of hydrogen-bond acceptors (Lipinski definition) is 6. The highest BCUT2D eigenvalue weighted by Gasteiger charge is 2.21. The molecule has 1 amide bonds. The van der Waals surface area contributed by atoms with Crippen LogP contribution in [0.4, 0.5) is 5.82 Å². The normalized spacial score (nSPS) is 10.6. The Morgan fingerprint density at radius 1 is 1.15 bits per heavy atom. The van der Waals surface area contributed by atoms with E-state index in [0.717, 1.165) is 22.6 Å². The molecule has 0 aliphatic heterocycles. The highest BCUT2D eigenvalue weighted by molar-refractivity contribution is 7.99. The Morgan fingerprint density at radius 2 is 1.88 bits per heavy atom. The molecule has 2 aromatic carbocycles. The molecule has 0 unspecified atom stereocenters. The fourth-order valence-electron chi connectivity index (χ4n) is 3.58. The van der Waals surface area contributed by atoms with Crippen LogP contribution in [0.5, 0.6) is 5.75 Å². The molecule has 2 heterocycles. The number of carbonyl (C=O) groups excluding carboxylic acids is 1. The number of amides is 1. The van der Waals surface area contributed by atoms with Crippen LogP contribution in [-0.2, 0) is 4.79 Å². The molecule has 166 valence electrons. The van der Waals surface area contributed by atoms with Crippen molar-refractivity contribution in [3.8, 4) is 23.2 Å². The Hall–Kier alpha value is -4.03. The summed E-state index contributed by atoms with van der Waals surface area (Å²) in [6, 6.07) is 19.4. The second-order valence-electron chi connectivity index (χ2n) is 7.21. The molecule has 4 rings (SSSR count). The summed E-state index contributed by atoms with van der Waals surface area (Å²) in [6.45, 7) is 3.82. The first-order chi connectivity index (χ1) is 16.0.